The van der Waals surface area contributed by atoms with Crippen molar-refractivity contribution in [1.29, 1.82) is 0 Å². The lowest BCUT2D eigenvalue weighted by atomic mass is 10.1. The van der Waals surface area contributed by atoms with Gasteiger partial charge in [0.05, 0.1) is 25.5 Å². The molecule has 0 saturated carbocycles. The number of ether oxygens (including phenoxy) is 2. The molecule has 0 bridgehead atoms. The lowest BCUT2D eigenvalue weighted by molar-refractivity contribution is -0.152. The second kappa shape index (κ2) is 8.82. The summed E-state index contributed by atoms with van der Waals surface area (Å²) in [6.45, 7) is 5.52. The number of furan rings is 1. The van der Waals surface area contributed by atoms with Crippen molar-refractivity contribution in [2.75, 3.05) is 12.4 Å². The van der Waals surface area contributed by atoms with Gasteiger partial charge in [0.15, 0.2) is 6.10 Å². The highest BCUT2D eigenvalue weighted by Gasteiger charge is 2.20. The predicted molar refractivity (Wildman–Crippen MR) is 111 cm³/mol. The Kier molecular flexibility index (Phi) is 6.22. The highest BCUT2D eigenvalue weighted by molar-refractivity contribution is 5.96. The fraction of sp³-hybridized carbons (Fsp3) is 0.304. The van der Waals surface area contributed by atoms with Gasteiger partial charge in [0.1, 0.15) is 11.3 Å². The zero-order valence-electron chi connectivity index (χ0n) is 17.1. The Morgan fingerprint density at radius 3 is 2.69 bits per heavy atom. The van der Waals surface area contributed by atoms with Gasteiger partial charge in [0, 0.05) is 10.9 Å². The average Bonchev–Trinajstić information content (AvgIpc) is 3.09. The van der Waals surface area contributed by atoms with Crippen LogP contribution in [-0.4, -0.2) is 25.1 Å². The molecule has 0 fully saturated rings. The number of fused-ring (bicyclic) bond motifs is 1. The maximum atomic E-state index is 12.5. The van der Waals surface area contributed by atoms with Gasteiger partial charge >= 0.3 is 5.97 Å². The summed E-state index contributed by atoms with van der Waals surface area (Å²) in [6.07, 6.45) is 1.56. The Hall–Kier alpha value is -3.28. The van der Waals surface area contributed by atoms with Gasteiger partial charge < -0.3 is 19.2 Å². The number of aryl methyl sites for hydroxylation is 2. The molecule has 1 N–H and O–H groups in total. The number of carbonyl (C=O) groups is 2. The van der Waals surface area contributed by atoms with Crippen molar-refractivity contribution in [1.82, 2.24) is 0 Å². The van der Waals surface area contributed by atoms with Gasteiger partial charge in [-0.3, -0.25) is 9.59 Å². The summed E-state index contributed by atoms with van der Waals surface area (Å²) in [5.74, 6) is -0.378. The summed E-state index contributed by atoms with van der Waals surface area (Å²) >= 11 is 0. The van der Waals surface area contributed by atoms with Crippen molar-refractivity contribution >= 4 is 28.5 Å². The standard InChI is InChI=1S/C23H25NO5/c1-5-16-7-8-18-17(13-28-21(18)11-16)12-22(25)29-15(3)23(26)24-19-10-14(2)6-9-20(19)27-4/h6-11,13,15H,5,12H2,1-4H3,(H,24,26)/t15-/m0/s1. The average molecular weight is 395 g/mol. The maximum absolute atomic E-state index is 12.5. The van der Waals surface area contributed by atoms with Gasteiger partial charge in [-0.2, -0.15) is 0 Å². The first-order valence-electron chi connectivity index (χ1n) is 9.55. The Balaban J connectivity index is 1.63. The monoisotopic (exact) mass is 395 g/mol. The molecule has 0 aliphatic heterocycles. The normalized spacial score (nSPS) is 11.9. The summed E-state index contributed by atoms with van der Waals surface area (Å²) in [5, 5.41) is 3.62. The highest BCUT2D eigenvalue weighted by Crippen LogP contribution is 2.26. The lowest BCUT2D eigenvalue weighted by Crippen LogP contribution is -2.30. The van der Waals surface area contributed by atoms with Crippen molar-refractivity contribution in [3.8, 4) is 5.75 Å². The third-order valence-electron chi connectivity index (χ3n) is 4.75. The smallest absolute Gasteiger partial charge is 0.311 e. The molecule has 0 aliphatic rings. The molecule has 0 saturated heterocycles. The number of rotatable bonds is 7. The fourth-order valence-electron chi connectivity index (χ4n) is 3.09. The molecule has 2 aromatic carbocycles. The van der Waals surface area contributed by atoms with E-state index in [9.17, 15) is 9.59 Å². The largest absolute Gasteiger partial charge is 0.495 e. The van der Waals surface area contributed by atoms with E-state index >= 15 is 0 Å². The van der Waals surface area contributed by atoms with Crippen molar-refractivity contribution in [2.45, 2.75) is 39.7 Å². The molecule has 1 amide bonds. The molecule has 3 aromatic rings. The second-order valence-electron chi connectivity index (χ2n) is 6.95. The Morgan fingerprint density at radius 2 is 1.97 bits per heavy atom. The van der Waals surface area contributed by atoms with E-state index in [2.05, 4.69) is 12.2 Å². The molecule has 3 rings (SSSR count). The van der Waals surface area contributed by atoms with E-state index in [4.69, 9.17) is 13.9 Å². The zero-order chi connectivity index (χ0) is 21.0. The molecule has 6 nitrogen and oxygen atoms in total. The summed E-state index contributed by atoms with van der Waals surface area (Å²) < 4.78 is 16.1. The second-order valence-corrected chi connectivity index (χ2v) is 6.95. The third kappa shape index (κ3) is 4.77. The van der Waals surface area contributed by atoms with E-state index < -0.39 is 18.0 Å². The van der Waals surface area contributed by atoms with Crippen LogP contribution in [0.3, 0.4) is 0 Å². The van der Waals surface area contributed by atoms with Crippen LogP contribution in [-0.2, 0) is 27.2 Å². The van der Waals surface area contributed by atoms with Gasteiger partial charge in [-0.25, -0.2) is 0 Å². The number of carbonyl (C=O) groups excluding carboxylic acids is 2. The molecule has 152 valence electrons. The van der Waals surface area contributed by atoms with E-state index in [1.807, 2.05) is 31.2 Å². The number of methoxy groups -OCH3 is 1. The molecule has 0 unspecified atom stereocenters. The molecule has 29 heavy (non-hydrogen) atoms. The van der Waals surface area contributed by atoms with E-state index in [0.29, 0.717) is 11.4 Å². The van der Waals surface area contributed by atoms with Crippen LogP contribution in [0.1, 0.15) is 30.5 Å². The first kappa shape index (κ1) is 20.5. The van der Waals surface area contributed by atoms with Crippen molar-refractivity contribution in [2.24, 2.45) is 0 Å². The Morgan fingerprint density at radius 1 is 1.17 bits per heavy atom. The first-order chi connectivity index (χ1) is 13.9. The minimum Gasteiger partial charge on any atom is -0.495 e. The number of anilines is 1. The number of hydrogen-bond donors (Lipinski definition) is 1. The van der Waals surface area contributed by atoms with Crippen molar-refractivity contribution in [3.63, 3.8) is 0 Å². The van der Waals surface area contributed by atoms with Gasteiger partial charge in [-0.15, -0.1) is 0 Å². The summed E-state index contributed by atoms with van der Waals surface area (Å²) in [4.78, 5) is 24.8. The minimum absolute atomic E-state index is 0.0316. The molecule has 0 spiro atoms. The van der Waals surface area contributed by atoms with Crippen LogP contribution in [0.2, 0.25) is 0 Å². The summed E-state index contributed by atoms with van der Waals surface area (Å²) in [5.41, 5.74) is 4.15. The van der Waals surface area contributed by atoms with Gasteiger partial charge in [-0.1, -0.05) is 25.1 Å². The van der Waals surface area contributed by atoms with E-state index in [1.54, 1.807) is 18.4 Å². The molecule has 1 atom stereocenters. The number of nitrogens with one attached hydrogen (secondary N) is 1. The molecular formula is C23H25NO5. The Bertz CT molecular complexity index is 1040. The maximum Gasteiger partial charge on any atom is 0.311 e. The molecule has 0 aliphatic carbocycles. The van der Waals surface area contributed by atoms with Crippen molar-refractivity contribution < 1.29 is 23.5 Å². The Labute approximate surface area is 169 Å². The number of esters is 1. The van der Waals surface area contributed by atoms with Crippen LogP contribution in [0.4, 0.5) is 5.69 Å². The predicted octanol–water partition coefficient (Wildman–Crippen LogP) is 4.43. The summed E-state index contributed by atoms with van der Waals surface area (Å²) in [7, 11) is 1.53. The van der Waals surface area contributed by atoms with Gasteiger partial charge in [-0.05, 0) is 49.6 Å². The van der Waals surface area contributed by atoms with E-state index in [-0.39, 0.29) is 6.42 Å². The number of amides is 1. The van der Waals surface area contributed by atoms with E-state index in [1.165, 1.54) is 14.0 Å². The topological polar surface area (TPSA) is 77.8 Å². The summed E-state index contributed by atoms with van der Waals surface area (Å²) in [6, 6.07) is 11.4. The van der Waals surface area contributed by atoms with E-state index in [0.717, 1.165) is 34.1 Å². The van der Waals surface area contributed by atoms with Crippen LogP contribution in [0.5, 0.6) is 5.75 Å². The van der Waals surface area contributed by atoms with Crippen LogP contribution in [0.25, 0.3) is 11.0 Å². The molecule has 0 radical (unpaired) electrons. The van der Waals surface area contributed by atoms with Crippen molar-refractivity contribution in [3.05, 3.63) is 59.4 Å². The zero-order valence-corrected chi connectivity index (χ0v) is 17.1. The number of benzene rings is 2. The molecular weight excluding hydrogens is 370 g/mol. The van der Waals surface area contributed by atoms with Crippen LogP contribution < -0.4 is 10.1 Å². The SMILES string of the molecule is CCc1ccc2c(CC(=O)O[C@@H](C)C(=O)Nc3cc(C)ccc3OC)coc2c1. The quantitative estimate of drug-likeness (QED) is 0.599. The third-order valence-corrected chi connectivity index (χ3v) is 4.75. The molecule has 6 heteroatoms. The lowest BCUT2D eigenvalue weighted by Gasteiger charge is -2.15. The molecule has 1 heterocycles. The number of hydrogen-bond acceptors (Lipinski definition) is 5. The van der Waals surface area contributed by atoms with Gasteiger partial charge in [0.25, 0.3) is 5.91 Å². The first-order valence-corrected chi connectivity index (χ1v) is 9.55. The van der Waals surface area contributed by atoms with Crippen LogP contribution >= 0.6 is 0 Å². The highest BCUT2D eigenvalue weighted by atomic mass is 16.5. The van der Waals surface area contributed by atoms with Gasteiger partial charge in [0.2, 0.25) is 0 Å². The molecule has 1 aromatic heterocycles. The minimum atomic E-state index is -0.947. The van der Waals surface area contributed by atoms with Crippen LogP contribution in [0.15, 0.2) is 47.1 Å². The van der Waals surface area contributed by atoms with Crippen LogP contribution in [0, 0.1) is 6.92 Å². The fourth-order valence-corrected chi connectivity index (χ4v) is 3.09.